The van der Waals surface area contributed by atoms with Crippen LogP contribution in [0.15, 0.2) is 64.4 Å². The molecule has 0 saturated heterocycles. The van der Waals surface area contributed by atoms with Crippen LogP contribution in [0.4, 0.5) is 5.69 Å². The zero-order valence-electron chi connectivity index (χ0n) is 12.0. The number of benzene rings is 2. The molecule has 2 aromatic rings. The van der Waals surface area contributed by atoms with Crippen molar-refractivity contribution in [1.29, 1.82) is 0 Å². The van der Waals surface area contributed by atoms with Crippen LogP contribution < -0.4 is 5.32 Å². The first kappa shape index (κ1) is 16.1. The summed E-state index contributed by atoms with van der Waals surface area (Å²) in [6.07, 6.45) is 0. The Labute approximate surface area is 138 Å². The van der Waals surface area contributed by atoms with Crippen LogP contribution in [0, 0.1) is 5.92 Å². The third-order valence-corrected chi connectivity index (χ3v) is 5.51. The maximum absolute atomic E-state index is 12.2. The number of hydrogen-bond donors (Lipinski definition) is 1. The summed E-state index contributed by atoms with van der Waals surface area (Å²) in [5, 5.41) is 3.01. The second-order valence-electron chi connectivity index (χ2n) is 5.05. The van der Waals surface area contributed by atoms with Crippen LogP contribution in [0.2, 0.25) is 0 Å². The number of amides is 1. The van der Waals surface area contributed by atoms with Crippen LogP contribution >= 0.6 is 27.7 Å². The van der Waals surface area contributed by atoms with E-state index < -0.39 is 0 Å². The molecule has 0 heterocycles. The minimum absolute atomic E-state index is 0.00823. The van der Waals surface area contributed by atoms with Gasteiger partial charge in [-0.05, 0) is 30.2 Å². The number of alkyl halides is 1. The minimum atomic E-state index is -0.188. The average Bonchev–Trinajstić information content (AvgIpc) is 2.49. The molecule has 0 aromatic heterocycles. The lowest BCUT2D eigenvalue weighted by atomic mass is 10.1. The Morgan fingerprint density at radius 3 is 2.33 bits per heavy atom. The van der Waals surface area contributed by atoms with E-state index in [1.807, 2.05) is 56.3 Å². The highest BCUT2D eigenvalue weighted by Gasteiger charge is 2.19. The van der Waals surface area contributed by atoms with Crippen molar-refractivity contribution in [2.75, 3.05) is 5.32 Å². The molecule has 0 aliphatic heterocycles. The SMILES string of the molecule is CC(C)C(Br)C(=O)Nc1ccccc1Sc1ccccc1. The number of rotatable bonds is 5. The van der Waals surface area contributed by atoms with Crippen molar-refractivity contribution in [3.63, 3.8) is 0 Å². The first-order valence-corrected chi connectivity index (χ1v) is 8.58. The summed E-state index contributed by atoms with van der Waals surface area (Å²) in [4.78, 5) is 14.2. The van der Waals surface area contributed by atoms with E-state index in [2.05, 4.69) is 33.4 Å². The van der Waals surface area contributed by atoms with Gasteiger partial charge in [-0.25, -0.2) is 0 Å². The molecule has 4 heteroatoms. The van der Waals surface area contributed by atoms with Gasteiger partial charge in [0.05, 0.1) is 10.5 Å². The van der Waals surface area contributed by atoms with E-state index in [-0.39, 0.29) is 16.7 Å². The smallest absolute Gasteiger partial charge is 0.238 e. The Balaban J connectivity index is 2.16. The topological polar surface area (TPSA) is 29.1 Å². The zero-order valence-corrected chi connectivity index (χ0v) is 14.4. The van der Waals surface area contributed by atoms with E-state index in [1.165, 1.54) is 0 Å². The van der Waals surface area contributed by atoms with E-state index in [0.717, 1.165) is 15.5 Å². The second kappa shape index (κ2) is 7.66. The number of carbonyl (C=O) groups is 1. The zero-order chi connectivity index (χ0) is 15.2. The molecule has 0 radical (unpaired) electrons. The van der Waals surface area contributed by atoms with Crippen LogP contribution in [0.3, 0.4) is 0 Å². The van der Waals surface area contributed by atoms with Crippen LogP contribution in [0.1, 0.15) is 13.8 Å². The van der Waals surface area contributed by atoms with E-state index in [1.54, 1.807) is 11.8 Å². The average molecular weight is 364 g/mol. The van der Waals surface area contributed by atoms with Gasteiger partial charge in [0.2, 0.25) is 5.91 Å². The lowest BCUT2D eigenvalue weighted by Gasteiger charge is -2.16. The number of hydrogen-bond acceptors (Lipinski definition) is 2. The maximum Gasteiger partial charge on any atom is 0.238 e. The Morgan fingerprint density at radius 1 is 1.05 bits per heavy atom. The van der Waals surface area contributed by atoms with Gasteiger partial charge in [0, 0.05) is 9.79 Å². The first-order chi connectivity index (χ1) is 10.1. The Hall–Kier alpha value is -1.26. The van der Waals surface area contributed by atoms with Crippen LogP contribution in [-0.2, 0) is 4.79 Å². The molecule has 2 nitrogen and oxygen atoms in total. The summed E-state index contributed by atoms with van der Waals surface area (Å²) in [5.74, 6) is 0.241. The van der Waals surface area contributed by atoms with Gasteiger partial charge in [0.25, 0.3) is 0 Å². The largest absolute Gasteiger partial charge is 0.324 e. The summed E-state index contributed by atoms with van der Waals surface area (Å²) in [6, 6.07) is 18.0. The maximum atomic E-state index is 12.2. The lowest BCUT2D eigenvalue weighted by molar-refractivity contribution is -0.116. The molecule has 21 heavy (non-hydrogen) atoms. The number of halogens is 1. The van der Waals surface area contributed by atoms with Crippen molar-refractivity contribution < 1.29 is 4.79 Å². The second-order valence-corrected chi connectivity index (χ2v) is 7.15. The molecule has 0 spiro atoms. The van der Waals surface area contributed by atoms with E-state index in [9.17, 15) is 4.79 Å². The van der Waals surface area contributed by atoms with Gasteiger partial charge in [-0.2, -0.15) is 0 Å². The van der Waals surface area contributed by atoms with Gasteiger partial charge in [0.15, 0.2) is 0 Å². The van der Waals surface area contributed by atoms with Gasteiger partial charge in [-0.15, -0.1) is 0 Å². The number of para-hydroxylation sites is 1. The number of nitrogens with one attached hydrogen (secondary N) is 1. The molecule has 0 saturated carbocycles. The summed E-state index contributed by atoms with van der Waals surface area (Å²) in [7, 11) is 0. The standard InChI is InChI=1S/C17H18BrNOS/c1-12(2)16(18)17(20)19-14-10-6-7-11-15(14)21-13-8-4-3-5-9-13/h3-12,16H,1-2H3,(H,19,20). The molecular formula is C17H18BrNOS. The van der Waals surface area contributed by atoms with Crippen molar-refractivity contribution in [1.82, 2.24) is 0 Å². The fourth-order valence-electron chi connectivity index (χ4n) is 1.78. The third kappa shape index (κ3) is 4.61. The Kier molecular flexibility index (Phi) is 5.88. The summed E-state index contributed by atoms with van der Waals surface area (Å²) in [6.45, 7) is 4.03. The van der Waals surface area contributed by atoms with E-state index >= 15 is 0 Å². The third-order valence-electron chi connectivity index (χ3n) is 2.95. The van der Waals surface area contributed by atoms with Crippen molar-refractivity contribution in [3.8, 4) is 0 Å². The summed E-state index contributed by atoms with van der Waals surface area (Å²) >= 11 is 5.08. The van der Waals surface area contributed by atoms with Gasteiger partial charge < -0.3 is 5.32 Å². The molecule has 110 valence electrons. The molecule has 0 fully saturated rings. The highest BCUT2D eigenvalue weighted by atomic mass is 79.9. The fourth-order valence-corrected chi connectivity index (χ4v) is 2.82. The van der Waals surface area contributed by atoms with Gasteiger partial charge in [-0.3, -0.25) is 4.79 Å². The van der Waals surface area contributed by atoms with Crippen LogP contribution in [0.25, 0.3) is 0 Å². The molecular weight excluding hydrogens is 346 g/mol. The molecule has 1 N–H and O–H groups in total. The fraction of sp³-hybridized carbons (Fsp3) is 0.235. The lowest BCUT2D eigenvalue weighted by Crippen LogP contribution is -2.27. The predicted octanol–water partition coefficient (Wildman–Crippen LogP) is 5.20. The predicted molar refractivity (Wildman–Crippen MR) is 93.2 cm³/mol. The summed E-state index contributed by atoms with van der Waals surface area (Å²) < 4.78 is 0. The van der Waals surface area contributed by atoms with E-state index in [0.29, 0.717) is 0 Å². The number of carbonyl (C=O) groups excluding carboxylic acids is 1. The monoisotopic (exact) mass is 363 g/mol. The summed E-state index contributed by atoms with van der Waals surface area (Å²) in [5.41, 5.74) is 0.849. The van der Waals surface area contributed by atoms with Gasteiger partial charge >= 0.3 is 0 Å². The molecule has 0 aliphatic carbocycles. The highest BCUT2D eigenvalue weighted by molar-refractivity contribution is 9.10. The van der Waals surface area contributed by atoms with Crippen molar-refractivity contribution >= 4 is 39.3 Å². The van der Waals surface area contributed by atoms with Crippen LogP contribution in [0.5, 0.6) is 0 Å². The van der Waals surface area contributed by atoms with Gasteiger partial charge in [0.1, 0.15) is 0 Å². The normalized spacial score (nSPS) is 12.2. The highest BCUT2D eigenvalue weighted by Crippen LogP contribution is 2.33. The Morgan fingerprint density at radius 2 is 1.67 bits per heavy atom. The molecule has 2 rings (SSSR count). The van der Waals surface area contributed by atoms with Crippen LogP contribution in [-0.4, -0.2) is 10.7 Å². The molecule has 1 atom stereocenters. The quantitative estimate of drug-likeness (QED) is 0.740. The van der Waals surface area contributed by atoms with Crippen molar-refractivity contribution in [2.24, 2.45) is 5.92 Å². The first-order valence-electron chi connectivity index (χ1n) is 6.85. The molecule has 2 aromatic carbocycles. The molecule has 0 aliphatic rings. The van der Waals surface area contributed by atoms with E-state index in [4.69, 9.17) is 0 Å². The van der Waals surface area contributed by atoms with Crippen molar-refractivity contribution in [2.45, 2.75) is 28.5 Å². The van der Waals surface area contributed by atoms with Gasteiger partial charge in [-0.1, -0.05) is 71.9 Å². The van der Waals surface area contributed by atoms with Crippen molar-refractivity contribution in [3.05, 3.63) is 54.6 Å². The molecule has 1 amide bonds. The molecule has 0 bridgehead atoms. The molecule has 1 unspecified atom stereocenters. The minimum Gasteiger partial charge on any atom is -0.324 e. The number of anilines is 1. The Bertz CT molecular complexity index is 601.